The molecule has 0 saturated carbocycles. The molecular weight excluding hydrogens is 489 g/mol. The molecule has 2 aromatic carbocycles. The van der Waals surface area contributed by atoms with Crippen LogP contribution in [0.4, 0.5) is 10.3 Å². The fourth-order valence-electron chi connectivity index (χ4n) is 5.08. The molecule has 0 bridgehead atoms. The van der Waals surface area contributed by atoms with E-state index in [1.807, 2.05) is 31.2 Å². The van der Waals surface area contributed by atoms with E-state index in [0.717, 1.165) is 36.3 Å². The van der Waals surface area contributed by atoms with Crippen molar-refractivity contribution in [1.82, 2.24) is 10.1 Å². The van der Waals surface area contributed by atoms with Gasteiger partial charge in [-0.1, -0.05) is 35.5 Å². The molecule has 1 aromatic heterocycles. The van der Waals surface area contributed by atoms with Crippen molar-refractivity contribution < 1.29 is 28.2 Å². The number of morpholine rings is 1. The number of nitrogens with zero attached hydrogens (tertiary/aromatic N) is 3. The van der Waals surface area contributed by atoms with Crippen LogP contribution >= 0.6 is 0 Å². The van der Waals surface area contributed by atoms with Crippen LogP contribution in [0.1, 0.15) is 24.0 Å². The number of aliphatic hydroxyl groups is 1. The quantitative estimate of drug-likeness (QED) is 0.402. The Morgan fingerprint density at radius 3 is 2.68 bits per heavy atom. The van der Waals surface area contributed by atoms with E-state index in [-0.39, 0.29) is 18.5 Å². The van der Waals surface area contributed by atoms with Crippen molar-refractivity contribution in [2.24, 2.45) is 0 Å². The van der Waals surface area contributed by atoms with E-state index in [9.17, 15) is 9.50 Å². The summed E-state index contributed by atoms with van der Waals surface area (Å²) in [5.41, 5.74) is 2.69. The van der Waals surface area contributed by atoms with Gasteiger partial charge in [0.25, 0.3) is 0 Å². The van der Waals surface area contributed by atoms with Gasteiger partial charge in [-0.15, -0.1) is 0 Å². The molecule has 0 radical (unpaired) electrons. The average molecular weight is 526 g/mol. The number of rotatable bonds is 11. The SMILES string of the molecule is Cc1ccccc1OC[C@H](O)CN(Cc1c(-c2ccccc2F)noc1N1CCOCC1)C[C@H]1CCCO1. The topological polar surface area (TPSA) is 80.4 Å². The maximum absolute atomic E-state index is 14.9. The molecule has 204 valence electrons. The Kier molecular flexibility index (Phi) is 8.90. The van der Waals surface area contributed by atoms with Gasteiger partial charge in [0.1, 0.15) is 30.0 Å². The summed E-state index contributed by atoms with van der Waals surface area (Å²) >= 11 is 0. The van der Waals surface area contributed by atoms with E-state index < -0.39 is 6.10 Å². The van der Waals surface area contributed by atoms with Crippen molar-refractivity contribution in [3.8, 4) is 17.0 Å². The van der Waals surface area contributed by atoms with E-state index in [4.69, 9.17) is 18.7 Å². The lowest BCUT2D eigenvalue weighted by molar-refractivity contribution is 0.0312. The third-order valence-electron chi connectivity index (χ3n) is 7.06. The molecule has 2 aliphatic heterocycles. The van der Waals surface area contributed by atoms with Gasteiger partial charge in [-0.05, 0) is 43.5 Å². The van der Waals surface area contributed by atoms with Gasteiger partial charge in [0.2, 0.25) is 5.88 Å². The predicted octanol–water partition coefficient (Wildman–Crippen LogP) is 4.05. The fraction of sp³-hybridized carbons (Fsp3) is 0.483. The first kappa shape index (κ1) is 26.6. The van der Waals surface area contributed by atoms with Crippen LogP contribution in [0.25, 0.3) is 11.3 Å². The van der Waals surface area contributed by atoms with Crippen LogP contribution < -0.4 is 9.64 Å². The van der Waals surface area contributed by atoms with Gasteiger partial charge in [0, 0.05) is 44.9 Å². The maximum Gasteiger partial charge on any atom is 0.232 e. The normalized spacial score (nSPS) is 18.7. The molecule has 9 heteroatoms. The summed E-state index contributed by atoms with van der Waals surface area (Å²) in [6.07, 6.45) is 1.32. The molecule has 0 amide bonds. The second kappa shape index (κ2) is 12.7. The van der Waals surface area contributed by atoms with E-state index >= 15 is 0 Å². The molecule has 0 unspecified atom stereocenters. The first-order valence-electron chi connectivity index (χ1n) is 13.3. The Hall–Kier alpha value is -2.98. The van der Waals surface area contributed by atoms with Gasteiger partial charge >= 0.3 is 0 Å². The van der Waals surface area contributed by atoms with E-state index in [1.54, 1.807) is 18.2 Å². The third kappa shape index (κ3) is 6.53. The van der Waals surface area contributed by atoms with Crippen molar-refractivity contribution in [3.05, 3.63) is 65.5 Å². The first-order valence-corrected chi connectivity index (χ1v) is 13.3. The summed E-state index contributed by atoms with van der Waals surface area (Å²) in [7, 11) is 0. The molecular formula is C29H36FN3O5. The average Bonchev–Trinajstić information content (AvgIpc) is 3.59. The highest BCUT2D eigenvalue weighted by atomic mass is 19.1. The number of hydrogen-bond acceptors (Lipinski definition) is 8. The van der Waals surface area contributed by atoms with E-state index in [0.29, 0.717) is 63.1 Å². The first-order chi connectivity index (χ1) is 18.6. The Bertz CT molecular complexity index is 1180. The lowest BCUT2D eigenvalue weighted by Crippen LogP contribution is -2.40. The highest BCUT2D eigenvalue weighted by Crippen LogP contribution is 2.34. The zero-order valence-electron chi connectivity index (χ0n) is 21.9. The standard InChI is InChI=1S/C29H36FN3O5/c1-21-7-2-5-11-27(21)37-20-22(34)17-32(18-23-8-6-14-36-23)19-25-28(24-9-3-4-10-26(24)30)31-38-29(25)33-12-15-35-16-13-33/h2-5,7,9-11,22-23,34H,6,8,12-20H2,1H3/t22-,23-/m1/s1. The fourth-order valence-corrected chi connectivity index (χ4v) is 5.08. The second-order valence-corrected chi connectivity index (χ2v) is 9.95. The number of ether oxygens (including phenoxy) is 3. The van der Waals surface area contributed by atoms with Crippen LogP contribution in [0.3, 0.4) is 0 Å². The van der Waals surface area contributed by atoms with Gasteiger partial charge < -0.3 is 28.7 Å². The van der Waals surface area contributed by atoms with Gasteiger partial charge in [-0.2, -0.15) is 0 Å². The highest BCUT2D eigenvalue weighted by Gasteiger charge is 2.29. The monoisotopic (exact) mass is 525 g/mol. The van der Waals surface area contributed by atoms with E-state index in [1.165, 1.54) is 6.07 Å². The summed E-state index contributed by atoms with van der Waals surface area (Å²) in [5.74, 6) is 1.02. The summed E-state index contributed by atoms with van der Waals surface area (Å²) in [4.78, 5) is 4.24. The maximum atomic E-state index is 14.9. The van der Waals surface area contributed by atoms with Crippen molar-refractivity contribution in [2.75, 3.05) is 57.5 Å². The molecule has 2 atom stereocenters. The smallest absolute Gasteiger partial charge is 0.232 e. The highest BCUT2D eigenvalue weighted by molar-refractivity contribution is 5.69. The number of para-hydroxylation sites is 1. The van der Waals surface area contributed by atoms with Crippen LogP contribution in [0.2, 0.25) is 0 Å². The number of aliphatic hydroxyl groups excluding tert-OH is 1. The predicted molar refractivity (Wildman–Crippen MR) is 142 cm³/mol. The van der Waals surface area contributed by atoms with Gasteiger partial charge in [-0.3, -0.25) is 4.90 Å². The molecule has 2 saturated heterocycles. The van der Waals surface area contributed by atoms with Crippen LogP contribution in [-0.4, -0.2) is 80.0 Å². The van der Waals surface area contributed by atoms with Crippen LogP contribution in [-0.2, 0) is 16.0 Å². The molecule has 3 heterocycles. The largest absolute Gasteiger partial charge is 0.491 e. The molecule has 38 heavy (non-hydrogen) atoms. The molecule has 2 fully saturated rings. The Balaban J connectivity index is 1.39. The van der Waals surface area contributed by atoms with Crippen LogP contribution in [0, 0.1) is 12.7 Å². The lowest BCUT2D eigenvalue weighted by atomic mass is 10.1. The van der Waals surface area contributed by atoms with Crippen LogP contribution in [0.15, 0.2) is 53.1 Å². The van der Waals surface area contributed by atoms with E-state index in [2.05, 4.69) is 15.0 Å². The van der Waals surface area contributed by atoms with Crippen molar-refractivity contribution in [3.63, 3.8) is 0 Å². The minimum Gasteiger partial charge on any atom is -0.491 e. The summed E-state index contributed by atoms with van der Waals surface area (Å²) in [6, 6.07) is 14.4. The van der Waals surface area contributed by atoms with Gasteiger partial charge in [0.15, 0.2) is 0 Å². The van der Waals surface area contributed by atoms with Gasteiger partial charge in [-0.25, -0.2) is 4.39 Å². The van der Waals surface area contributed by atoms with Crippen molar-refractivity contribution in [1.29, 1.82) is 0 Å². The Morgan fingerprint density at radius 1 is 1.13 bits per heavy atom. The number of hydrogen-bond donors (Lipinski definition) is 1. The van der Waals surface area contributed by atoms with Crippen molar-refractivity contribution in [2.45, 2.75) is 38.5 Å². The molecule has 5 rings (SSSR count). The number of anilines is 1. The second-order valence-electron chi connectivity index (χ2n) is 9.95. The minimum absolute atomic E-state index is 0.0723. The zero-order chi connectivity index (χ0) is 26.3. The number of benzene rings is 2. The Morgan fingerprint density at radius 2 is 1.92 bits per heavy atom. The van der Waals surface area contributed by atoms with Crippen molar-refractivity contribution >= 4 is 5.88 Å². The van der Waals surface area contributed by atoms with Gasteiger partial charge in [0.05, 0.1) is 24.9 Å². The van der Waals surface area contributed by atoms with Crippen LogP contribution in [0.5, 0.6) is 5.75 Å². The molecule has 0 aliphatic carbocycles. The number of aryl methyl sites for hydroxylation is 1. The summed E-state index contributed by atoms with van der Waals surface area (Å²) in [5, 5.41) is 15.3. The summed E-state index contributed by atoms with van der Waals surface area (Å²) < 4.78 is 38.1. The molecule has 8 nitrogen and oxygen atoms in total. The lowest BCUT2D eigenvalue weighted by Gasteiger charge is -2.30. The minimum atomic E-state index is -0.736. The zero-order valence-corrected chi connectivity index (χ0v) is 21.9. The molecule has 2 aliphatic rings. The molecule has 3 aromatic rings. The Labute approximate surface area is 222 Å². The summed E-state index contributed by atoms with van der Waals surface area (Å²) in [6.45, 7) is 6.79. The molecule has 0 spiro atoms. The third-order valence-corrected chi connectivity index (χ3v) is 7.06. The molecule has 1 N–H and O–H groups in total. The number of aromatic nitrogens is 1. The number of halogens is 1.